The van der Waals surface area contributed by atoms with E-state index in [1.165, 1.54) is 250 Å². The van der Waals surface area contributed by atoms with Crippen LogP contribution in [-0.4, -0.2) is 99.6 Å². The molecule has 0 bridgehead atoms. The van der Waals surface area contributed by atoms with Gasteiger partial charge in [-0.1, -0.05) is 352 Å². The zero-order chi connectivity index (χ0) is 64.6. The molecule has 1 amide bonds. The van der Waals surface area contributed by atoms with Gasteiger partial charge in [0.05, 0.1) is 25.4 Å². The number of carbonyl (C=O) groups excluding carboxylic acids is 2. The Morgan fingerprint density at radius 1 is 0.438 bits per heavy atom. The summed E-state index contributed by atoms with van der Waals surface area (Å²) in [7, 11) is 0. The van der Waals surface area contributed by atoms with E-state index >= 15 is 0 Å². The third-order valence-corrected chi connectivity index (χ3v) is 18.2. The van der Waals surface area contributed by atoms with Crippen LogP contribution in [0.1, 0.15) is 374 Å². The fourth-order valence-corrected chi connectivity index (χ4v) is 12.2. The van der Waals surface area contributed by atoms with E-state index in [9.17, 15) is 35.1 Å². The molecular formula is C78H145NO10. The Hall–Kier alpha value is -2.38. The van der Waals surface area contributed by atoms with Crippen molar-refractivity contribution < 1.29 is 49.3 Å². The topological polar surface area (TPSA) is 175 Å². The molecular weight excluding hydrogens is 1110 g/mol. The zero-order valence-corrected chi connectivity index (χ0v) is 58.3. The van der Waals surface area contributed by atoms with E-state index in [-0.39, 0.29) is 13.0 Å². The van der Waals surface area contributed by atoms with Crippen LogP contribution in [-0.2, 0) is 23.8 Å². The highest BCUT2D eigenvalue weighted by Gasteiger charge is 2.47. The Labute approximate surface area is 548 Å². The van der Waals surface area contributed by atoms with Gasteiger partial charge in [-0.3, -0.25) is 9.59 Å². The maximum absolute atomic E-state index is 13.5. The molecule has 522 valence electrons. The number of carbonyl (C=O) groups is 2. The van der Waals surface area contributed by atoms with Gasteiger partial charge in [0.1, 0.15) is 24.4 Å². The fourth-order valence-electron chi connectivity index (χ4n) is 12.2. The quantitative estimate of drug-likeness (QED) is 0.0195. The molecule has 0 spiro atoms. The molecule has 8 unspecified atom stereocenters. The third-order valence-electron chi connectivity index (χ3n) is 18.2. The van der Waals surface area contributed by atoms with Gasteiger partial charge in [0.25, 0.3) is 0 Å². The first-order valence-electron chi connectivity index (χ1n) is 38.4. The van der Waals surface area contributed by atoms with Crippen molar-refractivity contribution in [3.05, 3.63) is 48.6 Å². The molecule has 1 saturated heterocycles. The number of ether oxygens (including phenoxy) is 3. The second-order valence-electron chi connectivity index (χ2n) is 26.7. The van der Waals surface area contributed by atoms with Crippen molar-refractivity contribution in [1.82, 2.24) is 5.32 Å². The molecule has 0 radical (unpaired) electrons. The summed E-state index contributed by atoms with van der Waals surface area (Å²) in [5.74, 6) is -1.18. The van der Waals surface area contributed by atoms with Gasteiger partial charge in [0, 0.05) is 6.42 Å². The van der Waals surface area contributed by atoms with Crippen LogP contribution in [0, 0.1) is 0 Å². The summed E-state index contributed by atoms with van der Waals surface area (Å²) in [6, 6.07) is -1.02. The van der Waals surface area contributed by atoms with E-state index in [2.05, 4.69) is 62.5 Å². The van der Waals surface area contributed by atoms with Gasteiger partial charge in [0.15, 0.2) is 12.4 Å². The standard InChI is InChI=1S/C78H145NO10/c1-4-7-10-13-16-19-22-24-26-28-30-32-34-36-38-40-42-44-46-48-51-54-57-60-63-66-73(83)89-76-75(85)74(84)72(67-80)88-78(76)87-68-69(70(81)64-61-58-55-52-49-21-18-15-12-9-6-3)79-77(86)71(82)65-62-59-56-53-50-47-45-43-41-39-37-35-33-31-29-27-25-23-20-17-14-11-8-5-2/h17,20,25,27,31,33,61,64,69-72,74-76,78,80-82,84-85H,4-16,18-19,21-24,26,28-30,32,34-60,62-63,65-68H2,1-3H3,(H,79,86)/b20-17-,27-25-,33-31-,64-61+. The van der Waals surface area contributed by atoms with E-state index in [1.807, 2.05) is 6.08 Å². The van der Waals surface area contributed by atoms with Crippen molar-refractivity contribution in [2.24, 2.45) is 0 Å². The molecule has 0 aromatic heterocycles. The maximum atomic E-state index is 13.5. The molecule has 11 nitrogen and oxygen atoms in total. The maximum Gasteiger partial charge on any atom is 0.306 e. The van der Waals surface area contributed by atoms with Crippen LogP contribution in [0.3, 0.4) is 0 Å². The van der Waals surface area contributed by atoms with E-state index in [1.54, 1.807) is 6.08 Å². The van der Waals surface area contributed by atoms with Gasteiger partial charge in [-0.2, -0.15) is 0 Å². The van der Waals surface area contributed by atoms with Crippen LogP contribution in [0.4, 0.5) is 0 Å². The second-order valence-corrected chi connectivity index (χ2v) is 26.7. The average molecular weight is 1260 g/mol. The van der Waals surface area contributed by atoms with Gasteiger partial charge in [-0.15, -0.1) is 0 Å². The molecule has 6 N–H and O–H groups in total. The minimum absolute atomic E-state index is 0.129. The summed E-state index contributed by atoms with van der Waals surface area (Å²) < 4.78 is 17.7. The van der Waals surface area contributed by atoms with Crippen LogP contribution in [0.15, 0.2) is 48.6 Å². The smallest absolute Gasteiger partial charge is 0.306 e. The number of unbranched alkanes of at least 4 members (excludes halogenated alkanes) is 47. The van der Waals surface area contributed by atoms with Crippen LogP contribution in [0.2, 0.25) is 0 Å². The summed E-state index contributed by atoms with van der Waals surface area (Å²) in [5.41, 5.74) is 0. The highest BCUT2D eigenvalue weighted by molar-refractivity contribution is 5.80. The Balaban J connectivity index is 2.49. The van der Waals surface area contributed by atoms with Gasteiger partial charge < -0.3 is 45.1 Å². The lowest BCUT2D eigenvalue weighted by atomic mass is 9.99. The molecule has 1 rings (SSSR count). The van der Waals surface area contributed by atoms with Crippen molar-refractivity contribution in [3.63, 3.8) is 0 Å². The number of esters is 1. The molecule has 0 aromatic rings. The Morgan fingerprint density at radius 2 is 0.775 bits per heavy atom. The highest BCUT2D eigenvalue weighted by Crippen LogP contribution is 2.27. The lowest BCUT2D eigenvalue weighted by molar-refractivity contribution is -0.305. The van der Waals surface area contributed by atoms with Crippen LogP contribution in [0.25, 0.3) is 0 Å². The summed E-state index contributed by atoms with van der Waals surface area (Å²) >= 11 is 0. The van der Waals surface area contributed by atoms with Gasteiger partial charge in [0.2, 0.25) is 5.91 Å². The Bertz CT molecular complexity index is 1640. The normalized spacial score (nSPS) is 18.3. The van der Waals surface area contributed by atoms with Crippen molar-refractivity contribution in [2.45, 2.75) is 423 Å². The molecule has 8 atom stereocenters. The third kappa shape index (κ3) is 52.7. The average Bonchev–Trinajstić information content (AvgIpc) is 3.72. The summed E-state index contributed by atoms with van der Waals surface area (Å²) in [6.45, 7) is 5.82. The van der Waals surface area contributed by atoms with Gasteiger partial charge in [-0.05, 0) is 64.2 Å². The summed E-state index contributed by atoms with van der Waals surface area (Å²) in [6.07, 6.45) is 73.1. The molecule has 1 aliphatic rings. The van der Waals surface area contributed by atoms with Crippen LogP contribution < -0.4 is 5.32 Å². The Morgan fingerprint density at radius 3 is 1.18 bits per heavy atom. The lowest BCUT2D eigenvalue weighted by Crippen LogP contribution is -2.61. The predicted molar refractivity (Wildman–Crippen MR) is 375 cm³/mol. The van der Waals surface area contributed by atoms with E-state index in [0.717, 1.165) is 77.0 Å². The largest absolute Gasteiger partial charge is 0.454 e. The molecule has 0 aromatic carbocycles. The highest BCUT2D eigenvalue weighted by atomic mass is 16.7. The van der Waals surface area contributed by atoms with Crippen molar-refractivity contribution in [1.29, 1.82) is 0 Å². The van der Waals surface area contributed by atoms with E-state index in [0.29, 0.717) is 19.3 Å². The summed E-state index contributed by atoms with van der Waals surface area (Å²) in [5, 5.41) is 57.3. The number of aliphatic hydroxyl groups is 5. The van der Waals surface area contributed by atoms with Crippen molar-refractivity contribution >= 4 is 11.9 Å². The van der Waals surface area contributed by atoms with Crippen molar-refractivity contribution in [3.8, 4) is 0 Å². The first-order valence-corrected chi connectivity index (χ1v) is 38.4. The molecule has 1 aliphatic heterocycles. The molecule has 0 aliphatic carbocycles. The molecule has 1 heterocycles. The molecule has 89 heavy (non-hydrogen) atoms. The second kappa shape index (κ2) is 65.7. The lowest BCUT2D eigenvalue weighted by Gasteiger charge is -2.41. The number of aliphatic hydroxyl groups excluding tert-OH is 5. The van der Waals surface area contributed by atoms with Crippen LogP contribution in [0.5, 0.6) is 0 Å². The molecule has 0 saturated carbocycles. The molecule has 11 heteroatoms. The first kappa shape index (κ1) is 84.6. The number of hydrogen-bond donors (Lipinski definition) is 6. The molecule has 1 fully saturated rings. The predicted octanol–water partition coefficient (Wildman–Crippen LogP) is 20.3. The minimum Gasteiger partial charge on any atom is -0.454 e. The summed E-state index contributed by atoms with van der Waals surface area (Å²) in [4.78, 5) is 26.7. The Kier molecular flexibility index (Phi) is 62.4. The van der Waals surface area contributed by atoms with Gasteiger partial charge >= 0.3 is 5.97 Å². The number of hydrogen-bond acceptors (Lipinski definition) is 10. The number of amides is 1. The van der Waals surface area contributed by atoms with E-state index < -0.39 is 67.4 Å². The SMILES string of the molecule is CCCCC/C=C\C/C=C\C/C=C\CCCCCCCCCCCCCC(O)C(=O)NC(COC1OC(CO)C(O)C(O)C1OC(=O)CCCCCCCCCCCCCCCCCCCCCCCCCCC)C(O)/C=C/CCCCCCCCCCC. The monoisotopic (exact) mass is 1260 g/mol. The van der Waals surface area contributed by atoms with E-state index in [4.69, 9.17) is 14.2 Å². The van der Waals surface area contributed by atoms with Crippen LogP contribution >= 0.6 is 0 Å². The fraction of sp³-hybridized carbons (Fsp3) is 0.872. The number of allylic oxidation sites excluding steroid dienone is 7. The first-order chi connectivity index (χ1) is 43.7. The zero-order valence-electron chi connectivity index (χ0n) is 58.3. The minimum atomic E-state index is -1.61. The van der Waals surface area contributed by atoms with Gasteiger partial charge in [-0.25, -0.2) is 0 Å². The van der Waals surface area contributed by atoms with Crippen molar-refractivity contribution in [2.75, 3.05) is 13.2 Å². The number of rotatable bonds is 67. The number of nitrogens with one attached hydrogen (secondary N) is 1.